The Hall–Kier alpha value is -2.87. The smallest absolute Gasteiger partial charge is 0.407 e. The number of nitrogens with one attached hydrogen (secondary N) is 2. The van der Waals surface area contributed by atoms with Gasteiger partial charge in [-0.2, -0.15) is 0 Å². The molecule has 1 unspecified atom stereocenters. The van der Waals surface area contributed by atoms with Crippen LogP contribution in [-0.4, -0.2) is 58.2 Å². The molecule has 2 aromatic rings. The fourth-order valence-electron chi connectivity index (χ4n) is 3.67. The van der Waals surface area contributed by atoms with Crippen molar-refractivity contribution in [2.45, 2.75) is 45.8 Å². The summed E-state index contributed by atoms with van der Waals surface area (Å²) in [7, 11) is 0. The van der Waals surface area contributed by atoms with Crippen LogP contribution in [0.1, 0.15) is 39.2 Å². The number of imidazole rings is 1. The Morgan fingerprint density at radius 1 is 1.16 bits per heavy atom. The predicted octanol–water partition coefficient (Wildman–Crippen LogP) is 2.73. The van der Waals surface area contributed by atoms with E-state index in [0.29, 0.717) is 13.1 Å². The van der Waals surface area contributed by atoms with Crippen LogP contribution in [-0.2, 0) is 16.1 Å². The number of amides is 2. The van der Waals surface area contributed by atoms with Crippen LogP contribution in [0.25, 0.3) is 5.69 Å². The Bertz CT molecular complexity index is 843. The van der Waals surface area contributed by atoms with Gasteiger partial charge in [0.2, 0.25) is 5.91 Å². The lowest BCUT2D eigenvalue weighted by atomic mass is 9.96. The van der Waals surface area contributed by atoms with Gasteiger partial charge in [0, 0.05) is 44.3 Å². The van der Waals surface area contributed by atoms with Crippen molar-refractivity contribution in [3.05, 3.63) is 48.5 Å². The minimum Gasteiger partial charge on any atom is -0.444 e. The molecule has 0 saturated carbocycles. The maximum atomic E-state index is 12.6. The van der Waals surface area contributed by atoms with Crippen LogP contribution in [0.15, 0.2) is 43.0 Å². The molecule has 1 atom stereocenters. The summed E-state index contributed by atoms with van der Waals surface area (Å²) in [6, 6.07) is 8.42. The number of nitrogens with zero attached hydrogens (tertiary/aromatic N) is 3. The third-order valence-corrected chi connectivity index (χ3v) is 5.11. The topological polar surface area (TPSA) is 88.5 Å². The highest BCUT2D eigenvalue weighted by atomic mass is 16.6. The molecule has 8 nitrogen and oxygen atoms in total. The molecule has 2 amide bonds. The van der Waals surface area contributed by atoms with Crippen LogP contribution < -0.4 is 10.6 Å². The minimum atomic E-state index is -0.529. The van der Waals surface area contributed by atoms with E-state index in [0.717, 1.165) is 38.2 Å². The molecule has 2 heterocycles. The van der Waals surface area contributed by atoms with Crippen LogP contribution in [0.2, 0.25) is 0 Å². The van der Waals surface area contributed by atoms with E-state index in [1.807, 2.05) is 31.5 Å². The first-order valence-electron chi connectivity index (χ1n) is 10.8. The summed E-state index contributed by atoms with van der Waals surface area (Å²) in [4.78, 5) is 30.6. The number of piperidine rings is 1. The van der Waals surface area contributed by atoms with Crippen LogP contribution in [0.5, 0.6) is 0 Å². The number of likely N-dealkylation sites (tertiary alicyclic amines) is 1. The fourth-order valence-corrected chi connectivity index (χ4v) is 3.67. The fraction of sp³-hybridized carbons (Fsp3) is 0.522. The van der Waals surface area contributed by atoms with E-state index < -0.39 is 11.7 Å². The molecule has 0 bridgehead atoms. The summed E-state index contributed by atoms with van der Waals surface area (Å²) in [5.41, 5.74) is 1.78. The Balaban J connectivity index is 1.40. The molecular weight excluding hydrogens is 394 g/mol. The van der Waals surface area contributed by atoms with Crippen molar-refractivity contribution in [2.75, 3.05) is 26.2 Å². The highest BCUT2D eigenvalue weighted by Gasteiger charge is 2.25. The molecule has 31 heavy (non-hydrogen) atoms. The van der Waals surface area contributed by atoms with E-state index in [1.165, 1.54) is 5.56 Å². The first kappa shape index (κ1) is 22.8. The molecule has 8 heteroatoms. The van der Waals surface area contributed by atoms with Crippen LogP contribution >= 0.6 is 0 Å². The molecule has 1 aromatic carbocycles. The molecule has 1 aliphatic heterocycles. The Morgan fingerprint density at radius 2 is 1.90 bits per heavy atom. The maximum Gasteiger partial charge on any atom is 0.407 e. The van der Waals surface area contributed by atoms with Crippen LogP contribution in [0.3, 0.4) is 0 Å². The van der Waals surface area contributed by atoms with Gasteiger partial charge in [-0.15, -0.1) is 0 Å². The molecule has 2 N–H and O–H groups in total. The zero-order valence-corrected chi connectivity index (χ0v) is 18.6. The van der Waals surface area contributed by atoms with E-state index in [-0.39, 0.29) is 11.8 Å². The molecule has 3 rings (SSSR count). The average Bonchev–Trinajstić information content (AvgIpc) is 3.25. The second kappa shape index (κ2) is 10.4. The number of carbonyl (C=O) groups is 2. The van der Waals surface area contributed by atoms with Gasteiger partial charge in [0.15, 0.2) is 0 Å². The lowest BCUT2D eigenvalue weighted by molar-refractivity contribution is -0.126. The Morgan fingerprint density at radius 3 is 2.58 bits per heavy atom. The number of rotatable bonds is 7. The lowest BCUT2D eigenvalue weighted by Crippen LogP contribution is -2.44. The van der Waals surface area contributed by atoms with E-state index in [2.05, 4.69) is 44.8 Å². The number of alkyl carbamates (subject to hydrolysis) is 1. The van der Waals surface area contributed by atoms with Gasteiger partial charge in [-0.05, 0) is 57.9 Å². The van der Waals surface area contributed by atoms with Crippen molar-refractivity contribution in [2.24, 2.45) is 5.92 Å². The highest BCUT2D eigenvalue weighted by Crippen LogP contribution is 2.19. The summed E-state index contributed by atoms with van der Waals surface area (Å²) in [5, 5.41) is 5.60. The third kappa shape index (κ3) is 7.40. The molecule has 1 saturated heterocycles. The van der Waals surface area contributed by atoms with E-state index in [1.54, 1.807) is 12.5 Å². The number of benzene rings is 1. The van der Waals surface area contributed by atoms with Gasteiger partial charge in [0.1, 0.15) is 5.60 Å². The summed E-state index contributed by atoms with van der Waals surface area (Å²) >= 11 is 0. The lowest BCUT2D eigenvalue weighted by Gasteiger charge is -2.32. The van der Waals surface area contributed by atoms with Crippen molar-refractivity contribution in [3.8, 4) is 5.69 Å². The molecule has 1 aliphatic rings. The molecular formula is C23H33N5O3. The van der Waals surface area contributed by atoms with Crippen molar-refractivity contribution in [3.63, 3.8) is 0 Å². The zero-order chi connectivity index (χ0) is 22.3. The first-order chi connectivity index (χ1) is 14.8. The normalized spacial score (nSPS) is 17.2. The largest absolute Gasteiger partial charge is 0.444 e. The molecule has 1 fully saturated rings. The number of ether oxygens (including phenoxy) is 1. The number of hydrogen-bond donors (Lipinski definition) is 2. The van der Waals surface area contributed by atoms with Gasteiger partial charge in [-0.3, -0.25) is 9.69 Å². The molecule has 0 aliphatic carbocycles. The summed E-state index contributed by atoms with van der Waals surface area (Å²) in [5.74, 6) is 0.0200. The van der Waals surface area contributed by atoms with Gasteiger partial charge >= 0.3 is 6.09 Å². The average molecular weight is 428 g/mol. The van der Waals surface area contributed by atoms with Crippen molar-refractivity contribution < 1.29 is 14.3 Å². The standard InChI is InChI=1S/C23H33N5O3/c1-23(2,3)31-22(30)26-11-10-25-21(29)19-5-4-13-27(16-19)15-18-6-8-20(9-7-18)28-14-12-24-17-28/h6-9,12,14,17,19H,4-5,10-11,13,15-16H2,1-3H3,(H,25,29)(H,26,30). The van der Waals surface area contributed by atoms with E-state index in [9.17, 15) is 9.59 Å². The quantitative estimate of drug-likeness (QED) is 0.664. The summed E-state index contributed by atoms with van der Waals surface area (Å²) in [6.45, 7) is 8.76. The summed E-state index contributed by atoms with van der Waals surface area (Å²) < 4.78 is 7.16. The summed E-state index contributed by atoms with van der Waals surface area (Å²) in [6.07, 6.45) is 6.89. The van der Waals surface area contributed by atoms with Crippen LogP contribution in [0.4, 0.5) is 4.79 Å². The van der Waals surface area contributed by atoms with Crippen LogP contribution in [0, 0.1) is 5.92 Å². The maximum absolute atomic E-state index is 12.6. The third-order valence-electron chi connectivity index (χ3n) is 5.11. The monoisotopic (exact) mass is 427 g/mol. The van der Waals surface area contributed by atoms with Gasteiger partial charge < -0.3 is 19.9 Å². The van der Waals surface area contributed by atoms with Crippen molar-refractivity contribution in [1.82, 2.24) is 25.1 Å². The SMILES string of the molecule is CC(C)(C)OC(=O)NCCNC(=O)C1CCCN(Cc2ccc(-n3ccnc3)cc2)C1. The number of aromatic nitrogens is 2. The number of carbonyl (C=O) groups excluding carboxylic acids is 2. The van der Waals surface area contributed by atoms with Gasteiger partial charge in [-0.1, -0.05) is 12.1 Å². The predicted molar refractivity (Wildman–Crippen MR) is 119 cm³/mol. The molecule has 0 radical (unpaired) electrons. The number of hydrogen-bond acceptors (Lipinski definition) is 5. The zero-order valence-electron chi connectivity index (χ0n) is 18.6. The molecule has 168 valence electrons. The van der Waals surface area contributed by atoms with Gasteiger partial charge in [0.25, 0.3) is 0 Å². The van der Waals surface area contributed by atoms with E-state index in [4.69, 9.17) is 4.74 Å². The second-order valence-electron chi connectivity index (χ2n) is 8.93. The van der Waals surface area contributed by atoms with Crippen molar-refractivity contribution >= 4 is 12.0 Å². The Kier molecular flexibility index (Phi) is 7.68. The first-order valence-corrected chi connectivity index (χ1v) is 10.8. The second-order valence-corrected chi connectivity index (χ2v) is 8.93. The molecule has 1 aromatic heterocycles. The van der Waals surface area contributed by atoms with Crippen molar-refractivity contribution in [1.29, 1.82) is 0 Å². The molecule has 0 spiro atoms. The minimum absolute atomic E-state index is 0.0273. The van der Waals surface area contributed by atoms with Gasteiger partial charge in [0.05, 0.1) is 12.2 Å². The Labute approximate surface area is 184 Å². The highest BCUT2D eigenvalue weighted by molar-refractivity contribution is 5.79. The van der Waals surface area contributed by atoms with Gasteiger partial charge in [-0.25, -0.2) is 9.78 Å². The van der Waals surface area contributed by atoms with E-state index >= 15 is 0 Å².